The van der Waals surface area contributed by atoms with Crippen molar-refractivity contribution in [2.24, 2.45) is 0 Å². The summed E-state index contributed by atoms with van der Waals surface area (Å²) in [5, 5.41) is 3.04. The number of hydrogen-bond acceptors (Lipinski definition) is 2. The molecule has 2 rings (SSSR count). The molecule has 1 aromatic rings. The van der Waals surface area contributed by atoms with Gasteiger partial charge in [0.05, 0.1) is 6.10 Å². The minimum atomic E-state index is 0.248. The summed E-state index contributed by atoms with van der Waals surface area (Å²) in [7, 11) is 0. The first-order valence-corrected chi connectivity index (χ1v) is 8.18. The second kappa shape index (κ2) is 7.44. The van der Waals surface area contributed by atoms with E-state index in [9.17, 15) is 0 Å². The third-order valence-corrected chi connectivity index (χ3v) is 4.24. The molecular weight excluding hydrogens is 270 g/mol. The predicted molar refractivity (Wildman–Crippen MR) is 85.1 cm³/mol. The van der Waals surface area contributed by atoms with Gasteiger partial charge >= 0.3 is 0 Å². The first kappa shape index (κ1) is 15.8. The topological polar surface area (TPSA) is 12.5 Å². The van der Waals surface area contributed by atoms with Gasteiger partial charge in [0.25, 0.3) is 0 Å². The van der Waals surface area contributed by atoms with Crippen LogP contribution in [-0.2, 0) is 4.84 Å². The van der Waals surface area contributed by atoms with E-state index in [4.69, 9.17) is 16.4 Å². The fraction of sp³-hybridized carbons (Fsp3) is 0.647. The van der Waals surface area contributed by atoms with Crippen LogP contribution in [0.15, 0.2) is 24.3 Å². The average Bonchev–Trinajstić information content (AvgIpc) is 2.36. The van der Waals surface area contributed by atoms with E-state index in [-0.39, 0.29) is 6.10 Å². The molecule has 3 heteroatoms. The van der Waals surface area contributed by atoms with Crippen molar-refractivity contribution in [1.29, 1.82) is 0 Å². The van der Waals surface area contributed by atoms with Crippen LogP contribution in [-0.4, -0.2) is 23.8 Å². The van der Waals surface area contributed by atoms with Crippen LogP contribution < -0.4 is 0 Å². The Morgan fingerprint density at radius 1 is 1.25 bits per heavy atom. The molecule has 1 aromatic carbocycles. The SMILES string of the molecule is CCCCN(OC(C)C)C1CCC1c1ccc(Cl)cc1. The summed E-state index contributed by atoms with van der Waals surface area (Å²) < 4.78 is 0. The highest BCUT2D eigenvalue weighted by molar-refractivity contribution is 6.30. The van der Waals surface area contributed by atoms with Gasteiger partial charge in [0, 0.05) is 23.5 Å². The Bertz CT molecular complexity index is 404. The molecule has 0 amide bonds. The molecule has 0 bridgehead atoms. The summed E-state index contributed by atoms with van der Waals surface area (Å²) in [6.45, 7) is 7.47. The number of halogens is 1. The summed E-state index contributed by atoms with van der Waals surface area (Å²) in [6, 6.07) is 8.82. The van der Waals surface area contributed by atoms with E-state index in [1.807, 2.05) is 12.1 Å². The van der Waals surface area contributed by atoms with Crippen LogP contribution in [0.1, 0.15) is 57.9 Å². The Balaban J connectivity index is 2.03. The standard InChI is InChI=1S/C17H26ClNO/c1-4-5-12-19(20-13(2)3)17-11-10-16(17)14-6-8-15(18)9-7-14/h6-9,13,16-17H,4-5,10-12H2,1-3H3. The van der Waals surface area contributed by atoms with Gasteiger partial charge in [-0.2, -0.15) is 5.06 Å². The lowest BCUT2D eigenvalue weighted by molar-refractivity contribution is -0.230. The number of rotatable bonds is 7. The molecule has 112 valence electrons. The number of hydroxylamine groups is 2. The lowest BCUT2D eigenvalue weighted by atomic mass is 9.75. The molecule has 0 saturated heterocycles. The van der Waals surface area contributed by atoms with Crippen molar-refractivity contribution < 1.29 is 4.84 Å². The van der Waals surface area contributed by atoms with Crippen molar-refractivity contribution in [1.82, 2.24) is 5.06 Å². The number of nitrogens with zero attached hydrogens (tertiary/aromatic N) is 1. The molecular formula is C17H26ClNO. The van der Waals surface area contributed by atoms with Crippen molar-refractivity contribution in [3.05, 3.63) is 34.9 Å². The van der Waals surface area contributed by atoms with E-state index < -0.39 is 0 Å². The summed E-state index contributed by atoms with van der Waals surface area (Å²) in [5.74, 6) is 0.586. The van der Waals surface area contributed by atoms with Gasteiger partial charge in [-0.25, -0.2) is 0 Å². The fourth-order valence-corrected chi connectivity index (χ4v) is 2.93. The quantitative estimate of drug-likeness (QED) is 0.654. The van der Waals surface area contributed by atoms with Crippen LogP contribution in [0.3, 0.4) is 0 Å². The predicted octanol–water partition coefficient (Wildman–Crippen LogP) is 5.03. The zero-order valence-corrected chi connectivity index (χ0v) is 13.6. The Morgan fingerprint density at radius 3 is 2.45 bits per heavy atom. The Hall–Kier alpha value is -0.570. The highest BCUT2D eigenvalue weighted by atomic mass is 35.5. The van der Waals surface area contributed by atoms with Gasteiger partial charge in [-0.3, -0.25) is 4.84 Å². The summed E-state index contributed by atoms with van der Waals surface area (Å²) in [5.41, 5.74) is 1.39. The molecule has 1 saturated carbocycles. The van der Waals surface area contributed by atoms with Gasteiger partial charge in [-0.1, -0.05) is 37.1 Å². The van der Waals surface area contributed by atoms with Crippen molar-refractivity contribution in [3.8, 4) is 0 Å². The maximum Gasteiger partial charge on any atom is 0.0737 e. The minimum absolute atomic E-state index is 0.248. The summed E-state index contributed by atoms with van der Waals surface area (Å²) in [4.78, 5) is 6.04. The van der Waals surface area contributed by atoms with Crippen molar-refractivity contribution >= 4 is 11.6 Å². The number of benzene rings is 1. The lowest BCUT2D eigenvalue weighted by Gasteiger charge is -2.44. The largest absolute Gasteiger partial charge is 0.296 e. The lowest BCUT2D eigenvalue weighted by Crippen LogP contribution is -2.47. The van der Waals surface area contributed by atoms with Crippen LogP contribution in [0.2, 0.25) is 5.02 Å². The highest BCUT2D eigenvalue weighted by Crippen LogP contribution is 2.41. The van der Waals surface area contributed by atoms with E-state index in [0.717, 1.165) is 11.6 Å². The minimum Gasteiger partial charge on any atom is -0.296 e. The van der Waals surface area contributed by atoms with Gasteiger partial charge in [0.1, 0.15) is 0 Å². The van der Waals surface area contributed by atoms with E-state index >= 15 is 0 Å². The molecule has 20 heavy (non-hydrogen) atoms. The number of hydrogen-bond donors (Lipinski definition) is 0. The first-order chi connectivity index (χ1) is 9.61. The second-order valence-corrected chi connectivity index (χ2v) is 6.39. The molecule has 0 spiro atoms. The summed E-state index contributed by atoms with van der Waals surface area (Å²) >= 11 is 5.98. The Morgan fingerprint density at radius 2 is 1.95 bits per heavy atom. The van der Waals surface area contributed by atoms with Crippen LogP contribution in [0.4, 0.5) is 0 Å². The number of unbranched alkanes of at least 4 members (excludes halogenated alkanes) is 1. The molecule has 1 aliphatic carbocycles. The average molecular weight is 296 g/mol. The molecule has 0 N–H and O–H groups in total. The zero-order valence-electron chi connectivity index (χ0n) is 12.8. The molecule has 0 aromatic heterocycles. The molecule has 0 heterocycles. The van der Waals surface area contributed by atoms with Gasteiger partial charge < -0.3 is 0 Å². The van der Waals surface area contributed by atoms with Crippen LogP contribution in [0.25, 0.3) is 0 Å². The second-order valence-electron chi connectivity index (χ2n) is 5.95. The molecule has 0 radical (unpaired) electrons. The van der Waals surface area contributed by atoms with E-state index in [1.165, 1.54) is 31.2 Å². The molecule has 2 nitrogen and oxygen atoms in total. The molecule has 0 aliphatic heterocycles. The summed E-state index contributed by atoms with van der Waals surface area (Å²) in [6.07, 6.45) is 5.12. The zero-order chi connectivity index (χ0) is 14.5. The third-order valence-electron chi connectivity index (χ3n) is 3.98. The van der Waals surface area contributed by atoms with Crippen LogP contribution in [0, 0.1) is 0 Å². The molecule has 1 fully saturated rings. The van der Waals surface area contributed by atoms with Gasteiger partial charge in [0.15, 0.2) is 0 Å². The Labute approximate surface area is 128 Å². The van der Waals surface area contributed by atoms with E-state index in [2.05, 4.69) is 38.0 Å². The Kier molecular flexibility index (Phi) is 5.88. The fourth-order valence-electron chi connectivity index (χ4n) is 2.81. The van der Waals surface area contributed by atoms with Gasteiger partial charge in [0.2, 0.25) is 0 Å². The van der Waals surface area contributed by atoms with Crippen LogP contribution >= 0.6 is 11.6 Å². The van der Waals surface area contributed by atoms with E-state index in [0.29, 0.717) is 12.0 Å². The molecule has 2 atom stereocenters. The van der Waals surface area contributed by atoms with Crippen molar-refractivity contribution in [2.75, 3.05) is 6.54 Å². The van der Waals surface area contributed by atoms with Crippen molar-refractivity contribution in [3.63, 3.8) is 0 Å². The first-order valence-electron chi connectivity index (χ1n) is 7.80. The van der Waals surface area contributed by atoms with E-state index in [1.54, 1.807) is 0 Å². The van der Waals surface area contributed by atoms with Gasteiger partial charge in [-0.05, 0) is 50.8 Å². The van der Waals surface area contributed by atoms with Crippen molar-refractivity contribution in [2.45, 2.75) is 64.5 Å². The smallest absolute Gasteiger partial charge is 0.0737 e. The molecule has 2 unspecified atom stereocenters. The third kappa shape index (κ3) is 3.97. The normalized spacial score (nSPS) is 22.3. The van der Waals surface area contributed by atoms with Crippen LogP contribution in [0.5, 0.6) is 0 Å². The highest BCUT2D eigenvalue weighted by Gasteiger charge is 2.37. The maximum absolute atomic E-state index is 6.04. The maximum atomic E-state index is 6.04. The van der Waals surface area contributed by atoms with Gasteiger partial charge in [-0.15, -0.1) is 0 Å². The molecule has 1 aliphatic rings. The monoisotopic (exact) mass is 295 g/mol.